The van der Waals surface area contributed by atoms with Gasteiger partial charge in [-0.15, -0.1) is 0 Å². The fraction of sp³-hybridized carbons (Fsp3) is 0.154. The molecule has 0 aliphatic carbocycles. The molecular weight excluding hydrogens is 364 g/mol. The van der Waals surface area contributed by atoms with Gasteiger partial charge in [-0.3, -0.25) is 4.79 Å². The van der Waals surface area contributed by atoms with Crippen LogP contribution in [0, 0.1) is 16.3 Å². The van der Waals surface area contributed by atoms with E-state index in [0.29, 0.717) is 15.7 Å². The summed E-state index contributed by atoms with van der Waals surface area (Å²) in [5.41, 5.74) is 2.80. The highest BCUT2D eigenvalue weighted by atomic mass is 127. The smallest absolute Gasteiger partial charge is 0.252 e. The lowest BCUT2D eigenvalue weighted by molar-refractivity contribution is 0.0950. The maximum Gasteiger partial charge on any atom is 0.252 e. The monoisotopic (exact) mass is 375 g/mol. The lowest BCUT2D eigenvalue weighted by Crippen LogP contribution is -2.23. The van der Waals surface area contributed by atoms with Crippen molar-refractivity contribution in [2.45, 2.75) is 13.5 Å². The Morgan fingerprint density at radius 2 is 2.22 bits per heavy atom. The van der Waals surface area contributed by atoms with Gasteiger partial charge in [0.2, 0.25) is 0 Å². The molecule has 0 saturated heterocycles. The number of thiophene rings is 1. The van der Waals surface area contributed by atoms with Crippen LogP contribution in [0.1, 0.15) is 21.5 Å². The molecule has 0 saturated carbocycles. The van der Waals surface area contributed by atoms with Gasteiger partial charge in [-0.05, 0) is 69.6 Å². The summed E-state index contributed by atoms with van der Waals surface area (Å²) in [5.74, 6) is -0.505. The second-order valence-electron chi connectivity index (χ2n) is 3.89. The summed E-state index contributed by atoms with van der Waals surface area (Å²) in [6, 6.07) is 4.16. The lowest BCUT2D eigenvalue weighted by Gasteiger charge is -2.06. The van der Waals surface area contributed by atoms with E-state index in [1.165, 1.54) is 23.8 Å². The molecule has 2 rings (SSSR count). The van der Waals surface area contributed by atoms with E-state index in [0.717, 1.165) is 5.56 Å². The standard InChI is InChI=1S/C13H11FINOS/c1-8-6-18-7-9(8)5-16-13(17)11-3-2-10(14)4-12(11)15/h2-4,6-7H,5H2,1H3,(H,16,17). The van der Waals surface area contributed by atoms with Crippen LogP contribution in [0.5, 0.6) is 0 Å². The van der Waals surface area contributed by atoms with Gasteiger partial charge in [0.05, 0.1) is 5.56 Å². The number of carbonyl (C=O) groups excluding carboxylic acids is 1. The highest BCUT2D eigenvalue weighted by molar-refractivity contribution is 14.1. The first-order chi connectivity index (χ1) is 8.58. The third-order valence-electron chi connectivity index (χ3n) is 2.58. The first-order valence-corrected chi connectivity index (χ1v) is 7.35. The number of halogens is 2. The van der Waals surface area contributed by atoms with Gasteiger partial charge in [-0.1, -0.05) is 0 Å². The number of hydrogen-bond acceptors (Lipinski definition) is 2. The molecule has 1 aromatic carbocycles. The molecule has 0 radical (unpaired) electrons. The molecule has 0 atom stereocenters. The largest absolute Gasteiger partial charge is 0.348 e. The molecule has 0 unspecified atom stereocenters. The predicted octanol–water partition coefficient (Wildman–Crippen LogP) is 3.73. The van der Waals surface area contributed by atoms with Crippen molar-refractivity contribution in [2.24, 2.45) is 0 Å². The van der Waals surface area contributed by atoms with Crippen molar-refractivity contribution in [3.63, 3.8) is 0 Å². The Hall–Kier alpha value is -0.950. The zero-order chi connectivity index (χ0) is 13.1. The normalized spacial score (nSPS) is 10.4. The number of amides is 1. The summed E-state index contributed by atoms with van der Waals surface area (Å²) in [6.07, 6.45) is 0. The molecule has 5 heteroatoms. The van der Waals surface area contributed by atoms with Gasteiger partial charge in [-0.25, -0.2) is 4.39 Å². The van der Waals surface area contributed by atoms with Crippen LogP contribution < -0.4 is 5.32 Å². The van der Waals surface area contributed by atoms with Crippen molar-refractivity contribution in [1.82, 2.24) is 5.32 Å². The molecule has 2 aromatic rings. The van der Waals surface area contributed by atoms with Gasteiger partial charge in [0.15, 0.2) is 0 Å². The predicted molar refractivity (Wildman–Crippen MR) is 79.3 cm³/mol. The van der Waals surface area contributed by atoms with Crippen LogP contribution in [-0.4, -0.2) is 5.91 Å². The van der Waals surface area contributed by atoms with Gasteiger partial charge in [0.25, 0.3) is 5.91 Å². The fourth-order valence-electron chi connectivity index (χ4n) is 1.51. The molecular formula is C13H11FINOS. The molecule has 0 aliphatic rings. The third kappa shape index (κ3) is 3.08. The Balaban J connectivity index is 2.06. The van der Waals surface area contributed by atoms with E-state index >= 15 is 0 Å². The van der Waals surface area contributed by atoms with E-state index in [1.807, 2.05) is 40.3 Å². The number of carbonyl (C=O) groups is 1. The second kappa shape index (κ2) is 5.79. The van der Waals surface area contributed by atoms with Crippen LogP contribution in [0.3, 0.4) is 0 Å². The van der Waals surface area contributed by atoms with Gasteiger partial charge in [-0.2, -0.15) is 11.3 Å². The molecule has 0 bridgehead atoms. The van der Waals surface area contributed by atoms with E-state index in [2.05, 4.69) is 5.32 Å². The minimum atomic E-state index is -0.329. The van der Waals surface area contributed by atoms with E-state index in [9.17, 15) is 9.18 Å². The summed E-state index contributed by atoms with van der Waals surface area (Å²) in [6.45, 7) is 2.52. The molecule has 1 aromatic heterocycles. The number of nitrogens with one attached hydrogen (secondary N) is 1. The summed E-state index contributed by atoms with van der Waals surface area (Å²) in [7, 11) is 0. The van der Waals surface area contributed by atoms with Gasteiger partial charge in [0.1, 0.15) is 5.82 Å². The average Bonchev–Trinajstić information content (AvgIpc) is 2.72. The van der Waals surface area contributed by atoms with Crippen LogP contribution in [0.15, 0.2) is 29.0 Å². The van der Waals surface area contributed by atoms with E-state index in [4.69, 9.17) is 0 Å². The van der Waals surface area contributed by atoms with Crippen molar-refractivity contribution in [3.8, 4) is 0 Å². The van der Waals surface area contributed by atoms with Gasteiger partial charge >= 0.3 is 0 Å². The van der Waals surface area contributed by atoms with Crippen LogP contribution in [0.25, 0.3) is 0 Å². The average molecular weight is 375 g/mol. The Labute approximate surface area is 122 Å². The fourth-order valence-corrected chi connectivity index (χ4v) is 3.09. The molecule has 0 spiro atoms. The van der Waals surface area contributed by atoms with Crippen molar-refractivity contribution in [3.05, 3.63) is 55.0 Å². The first-order valence-electron chi connectivity index (χ1n) is 5.33. The Kier molecular flexibility index (Phi) is 4.34. The Morgan fingerprint density at radius 1 is 1.44 bits per heavy atom. The first kappa shape index (κ1) is 13.5. The Morgan fingerprint density at radius 3 is 2.83 bits per heavy atom. The van der Waals surface area contributed by atoms with Crippen molar-refractivity contribution >= 4 is 39.8 Å². The van der Waals surface area contributed by atoms with Crippen molar-refractivity contribution in [2.75, 3.05) is 0 Å². The molecule has 18 heavy (non-hydrogen) atoms. The minimum absolute atomic E-state index is 0.176. The third-order valence-corrected chi connectivity index (χ3v) is 4.38. The van der Waals surface area contributed by atoms with Crippen molar-refractivity contribution < 1.29 is 9.18 Å². The lowest BCUT2D eigenvalue weighted by atomic mass is 10.2. The van der Waals surface area contributed by atoms with Crippen LogP contribution >= 0.6 is 33.9 Å². The topological polar surface area (TPSA) is 29.1 Å². The molecule has 0 fully saturated rings. The number of rotatable bonds is 3. The zero-order valence-electron chi connectivity index (χ0n) is 9.67. The molecule has 1 N–H and O–H groups in total. The summed E-state index contributed by atoms with van der Waals surface area (Å²) >= 11 is 3.58. The highest BCUT2D eigenvalue weighted by Crippen LogP contribution is 2.16. The Bertz CT molecular complexity index is 582. The maximum atomic E-state index is 12.9. The van der Waals surface area contributed by atoms with E-state index in [-0.39, 0.29) is 11.7 Å². The van der Waals surface area contributed by atoms with Crippen LogP contribution in [0.4, 0.5) is 4.39 Å². The highest BCUT2D eigenvalue weighted by Gasteiger charge is 2.10. The molecule has 1 amide bonds. The van der Waals surface area contributed by atoms with Crippen molar-refractivity contribution in [1.29, 1.82) is 0 Å². The summed E-state index contributed by atoms with van der Waals surface area (Å²) in [4.78, 5) is 11.9. The molecule has 1 heterocycles. The van der Waals surface area contributed by atoms with E-state index < -0.39 is 0 Å². The second-order valence-corrected chi connectivity index (χ2v) is 5.79. The number of benzene rings is 1. The molecule has 0 aliphatic heterocycles. The molecule has 94 valence electrons. The van der Waals surface area contributed by atoms with Crippen LogP contribution in [-0.2, 0) is 6.54 Å². The SMILES string of the molecule is Cc1cscc1CNC(=O)c1ccc(F)cc1I. The number of hydrogen-bond donors (Lipinski definition) is 1. The van der Waals surface area contributed by atoms with E-state index in [1.54, 1.807) is 11.3 Å². The quantitative estimate of drug-likeness (QED) is 0.814. The number of aryl methyl sites for hydroxylation is 1. The summed E-state index contributed by atoms with van der Waals surface area (Å²) in [5, 5.41) is 6.91. The van der Waals surface area contributed by atoms with Gasteiger partial charge < -0.3 is 5.32 Å². The molecule has 2 nitrogen and oxygen atoms in total. The van der Waals surface area contributed by atoms with Gasteiger partial charge in [0, 0.05) is 10.1 Å². The summed E-state index contributed by atoms with van der Waals surface area (Å²) < 4.78 is 13.6. The maximum absolute atomic E-state index is 12.9. The minimum Gasteiger partial charge on any atom is -0.348 e. The zero-order valence-corrected chi connectivity index (χ0v) is 12.6. The van der Waals surface area contributed by atoms with Crippen LogP contribution in [0.2, 0.25) is 0 Å².